The van der Waals surface area contributed by atoms with Crippen LogP contribution in [0.4, 0.5) is 13.2 Å². The quantitative estimate of drug-likeness (QED) is 0.752. The Balaban J connectivity index is 1.90. The fourth-order valence-corrected chi connectivity index (χ4v) is 3.38. The lowest BCUT2D eigenvalue weighted by Crippen LogP contribution is -2.41. The van der Waals surface area contributed by atoms with Crippen LogP contribution in [0, 0.1) is 17.8 Å². The van der Waals surface area contributed by atoms with Crippen molar-refractivity contribution >= 4 is 0 Å². The molecular weight excluding hydrogens is 251 g/mol. The Kier molecular flexibility index (Phi) is 5.15. The van der Waals surface area contributed by atoms with E-state index >= 15 is 0 Å². The van der Waals surface area contributed by atoms with Crippen LogP contribution in [0.15, 0.2) is 0 Å². The van der Waals surface area contributed by atoms with E-state index in [9.17, 15) is 13.2 Å². The van der Waals surface area contributed by atoms with Gasteiger partial charge in [-0.1, -0.05) is 26.2 Å². The molecule has 0 amide bonds. The van der Waals surface area contributed by atoms with E-state index in [1.807, 2.05) is 0 Å². The Morgan fingerprint density at radius 3 is 2.47 bits per heavy atom. The van der Waals surface area contributed by atoms with Crippen LogP contribution in [0.3, 0.4) is 0 Å². The van der Waals surface area contributed by atoms with E-state index in [0.29, 0.717) is 18.9 Å². The second kappa shape index (κ2) is 6.47. The monoisotopic (exact) mass is 277 g/mol. The fourth-order valence-electron chi connectivity index (χ4n) is 3.38. The highest BCUT2D eigenvalue weighted by Crippen LogP contribution is 2.43. The van der Waals surface area contributed by atoms with Crippen LogP contribution in [-0.2, 0) is 0 Å². The average Bonchev–Trinajstić information content (AvgIpc) is 3.17. The number of halogens is 3. The summed E-state index contributed by atoms with van der Waals surface area (Å²) in [5.41, 5.74) is 0. The molecule has 112 valence electrons. The highest BCUT2D eigenvalue weighted by Gasteiger charge is 2.44. The van der Waals surface area contributed by atoms with Gasteiger partial charge in [-0.05, 0) is 50.5 Å². The SMILES string of the molecule is CCCNC(CC1CC1)C1CCCC(C(F)(F)F)C1. The zero-order chi connectivity index (χ0) is 13.9. The molecule has 0 aromatic carbocycles. The first kappa shape index (κ1) is 15.1. The number of hydrogen-bond donors (Lipinski definition) is 1. The molecular formula is C15H26F3N. The summed E-state index contributed by atoms with van der Waals surface area (Å²) in [4.78, 5) is 0. The van der Waals surface area contributed by atoms with Gasteiger partial charge in [0.25, 0.3) is 0 Å². The first-order valence-electron chi connectivity index (χ1n) is 7.80. The molecule has 3 atom stereocenters. The average molecular weight is 277 g/mol. The van der Waals surface area contributed by atoms with E-state index in [1.54, 1.807) is 0 Å². The number of rotatable bonds is 6. The number of hydrogen-bond acceptors (Lipinski definition) is 1. The lowest BCUT2D eigenvalue weighted by molar-refractivity contribution is -0.186. The van der Waals surface area contributed by atoms with Crippen LogP contribution in [0.25, 0.3) is 0 Å². The van der Waals surface area contributed by atoms with Crippen molar-refractivity contribution in [2.24, 2.45) is 17.8 Å². The Morgan fingerprint density at radius 2 is 1.89 bits per heavy atom. The summed E-state index contributed by atoms with van der Waals surface area (Å²) >= 11 is 0. The minimum absolute atomic E-state index is 0.229. The van der Waals surface area contributed by atoms with E-state index in [-0.39, 0.29) is 5.92 Å². The van der Waals surface area contributed by atoms with Gasteiger partial charge in [-0.3, -0.25) is 0 Å². The molecule has 2 aliphatic carbocycles. The Hall–Kier alpha value is -0.250. The summed E-state index contributed by atoms with van der Waals surface area (Å²) in [6.45, 7) is 3.05. The first-order valence-corrected chi connectivity index (χ1v) is 7.80. The van der Waals surface area contributed by atoms with Gasteiger partial charge in [-0.15, -0.1) is 0 Å². The maximum absolute atomic E-state index is 12.9. The molecule has 4 heteroatoms. The third kappa shape index (κ3) is 4.66. The normalized spacial score (nSPS) is 30.3. The van der Waals surface area contributed by atoms with Crippen molar-refractivity contribution in [3.05, 3.63) is 0 Å². The molecule has 0 radical (unpaired) electrons. The molecule has 0 heterocycles. The van der Waals surface area contributed by atoms with Crippen LogP contribution in [0.2, 0.25) is 0 Å². The largest absolute Gasteiger partial charge is 0.391 e. The van der Waals surface area contributed by atoms with Crippen LogP contribution >= 0.6 is 0 Å². The zero-order valence-corrected chi connectivity index (χ0v) is 11.8. The maximum atomic E-state index is 12.9. The van der Waals surface area contributed by atoms with Crippen LogP contribution in [0.5, 0.6) is 0 Å². The molecule has 0 aliphatic heterocycles. The van der Waals surface area contributed by atoms with Gasteiger partial charge in [0.15, 0.2) is 0 Å². The molecule has 19 heavy (non-hydrogen) atoms. The zero-order valence-electron chi connectivity index (χ0n) is 11.8. The van der Waals surface area contributed by atoms with Crippen molar-refractivity contribution in [2.75, 3.05) is 6.54 Å². The summed E-state index contributed by atoms with van der Waals surface area (Å²) in [6, 6.07) is 0.317. The van der Waals surface area contributed by atoms with Gasteiger partial charge in [0.1, 0.15) is 0 Å². The minimum Gasteiger partial charge on any atom is -0.314 e. The van der Waals surface area contributed by atoms with Gasteiger partial charge in [0.2, 0.25) is 0 Å². The van der Waals surface area contributed by atoms with Crippen LogP contribution in [-0.4, -0.2) is 18.8 Å². The van der Waals surface area contributed by atoms with E-state index < -0.39 is 12.1 Å². The van der Waals surface area contributed by atoms with E-state index in [2.05, 4.69) is 12.2 Å². The summed E-state index contributed by atoms with van der Waals surface area (Å²) in [5.74, 6) is -0.0514. The topological polar surface area (TPSA) is 12.0 Å². The summed E-state index contributed by atoms with van der Waals surface area (Å²) in [5, 5.41) is 3.52. The van der Waals surface area contributed by atoms with E-state index in [1.165, 1.54) is 12.8 Å². The van der Waals surface area contributed by atoms with Crippen LogP contribution in [0.1, 0.15) is 58.3 Å². The van der Waals surface area contributed by atoms with Gasteiger partial charge in [-0.25, -0.2) is 0 Å². The number of alkyl halides is 3. The predicted molar refractivity (Wildman–Crippen MR) is 70.9 cm³/mol. The molecule has 0 bridgehead atoms. The second-order valence-electron chi connectivity index (χ2n) is 6.40. The highest BCUT2D eigenvalue weighted by molar-refractivity contribution is 4.88. The Bertz CT molecular complexity index is 273. The standard InChI is InChI=1S/C15H26F3N/c1-2-8-19-14(9-11-6-7-11)12-4-3-5-13(10-12)15(16,17)18/h11-14,19H,2-10H2,1H3. The Morgan fingerprint density at radius 1 is 1.16 bits per heavy atom. The maximum Gasteiger partial charge on any atom is 0.391 e. The van der Waals surface area contributed by atoms with Crippen molar-refractivity contribution in [3.8, 4) is 0 Å². The number of nitrogens with one attached hydrogen (secondary N) is 1. The van der Waals surface area contributed by atoms with E-state index in [0.717, 1.165) is 38.1 Å². The predicted octanol–water partition coefficient (Wildman–Crippen LogP) is 4.52. The molecule has 1 nitrogen and oxygen atoms in total. The molecule has 1 N–H and O–H groups in total. The summed E-state index contributed by atoms with van der Waals surface area (Å²) < 4.78 is 38.7. The molecule has 2 fully saturated rings. The fraction of sp³-hybridized carbons (Fsp3) is 1.00. The first-order chi connectivity index (χ1) is 9.00. The smallest absolute Gasteiger partial charge is 0.314 e. The van der Waals surface area contributed by atoms with Crippen LogP contribution < -0.4 is 5.32 Å². The highest BCUT2D eigenvalue weighted by atomic mass is 19.4. The molecule has 2 aliphatic rings. The Labute approximate surface area is 114 Å². The molecule has 0 aromatic heterocycles. The summed E-state index contributed by atoms with van der Waals surface area (Å²) in [7, 11) is 0. The van der Waals surface area contributed by atoms with Crippen molar-refractivity contribution in [2.45, 2.75) is 70.5 Å². The lowest BCUT2D eigenvalue weighted by atomic mass is 9.76. The van der Waals surface area contributed by atoms with Gasteiger partial charge in [-0.2, -0.15) is 13.2 Å². The van der Waals surface area contributed by atoms with Crippen molar-refractivity contribution in [1.29, 1.82) is 0 Å². The molecule has 2 rings (SSSR count). The van der Waals surface area contributed by atoms with Gasteiger partial charge in [0.05, 0.1) is 5.92 Å². The molecule has 0 aromatic rings. The van der Waals surface area contributed by atoms with Crippen molar-refractivity contribution in [3.63, 3.8) is 0 Å². The molecule has 0 saturated heterocycles. The second-order valence-corrected chi connectivity index (χ2v) is 6.40. The molecule has 2 saturated carbocycles. The van der Waals surface area contributed by atoms with Crippen molar-refractivity contribution in [1.82, 2.24) is 5.32 Å². The van der Waals surface area contributed by atoms with Gasteiger partial charge >= 0.3 is 6.18 Å². The lowest BCUT2D eigenvalue weighted by Gasteiger charge is -2.36. The van der Waals surface area contributed by atoms with Crippen molar-refractivity contribution < 1.29 is 13.2 Å². The molecule has 0 spiro atoms. The third-order valence-corrected chi connectivity index (χ3v) is 4.69. The minimum atomic E-state index is -3.99. The van der Waals surface area contributed by atoms with Gasteiger partial charge in [0, 0.05) is 6.04 Å². The summed E-state index contributed by atoms with van der Waals surface area (Å²) in [6.07, 6.45) is 3.10. The third-order valence-electron chi connectivity index (χ3n) is 4.69. The van der Waals surface area contributed by atoms with E-state index in [4.69, 9.17) is 0 Å². The molecule has 3 unspecified atom stereocenters. The van der Waals surface area contributed by atoms with Gasteiger partial charge < -0.3 is 5.32 Å².